The number of halogens is 1. The molecule has 0 fully saturated rings. The molecule has 2 N–H and O–H groups in total. The van der Waals surface area contributed by atoms with Gasteiger partial charge in [-0.05, 0) is 25.4 Å². The smallest absolute Gasteiger partial charge is 0.0743 e. The topological polar surface area (TPSA) is 38.9 Å². The zero-order chi connectivity index (χ0) is 6.15. The molecule has 9 heavy (non-hydrogen) atoms. The van der Waals surface area contributed by atoms with Crippen LogP contribution in [0.15, 0.2) is 0 Å². The van der Waals surface area contributed by atoms with E-state index in [0.29, 0.717) is 0 Å². The van der Waals surface area contributed by atoms with E-state index in [-0.39, 0.29) is 12.4 Å². The van der Waals surface area contributed by atoms with Crippen LogP contribution in [0.1, 0.15) is 10.6 Å². The van der Waals surface area contributed by atoms with Crippen molar-refractivity contribution in [2.45, 2.75) is 13.8 Å². The fourth-order valence-corrected chi connectivity index (χ4v) is 1.11. The molecule has 1 aromatic rings. The Morgan fingerprint density at radius 3 is 2.11 bits per heavy atom. The number of nitrogens with two attached hydrogens (primary N) is 1. The van der Waals surface area contributed by atoms with Gasteiger partial charge in [0.25, 0.3) is 0 Å². The largest absolute Gasteiger partial charge is 0.396 e. The molecule has 52 valence electrons. The van der Waals surface area contributed by atoms with Crippen molar-refractivity contribution < 1.29 is 0 Å². The summed E-state index contributed by atoms with van der Waals surface area (Å²) in [6, 6.07) is 0. The summed E-state index contributed by atoms with van der Waals surface area (Å²) < 4.78 is 4.03. The first kappa shape index (κ1) is 8.72. The van der Waals surface area contributed by atoms with Gasteiger partial charge in [-0.15, -0.1) is 12.4 Å². The van der Waals surface area contributed by atoms with E-state index >= 15 is 0 Å². The molecule has 0 saturated heterocycles. The van der Waals surface area contributed by atoms with Crippen molar-refractivity contribution in [3.63, 3.8) is 0 Å². The van der Waals surface area contributed by atoms with Gasteiger partial charge in [0, 0.05) is 4.88 Å². The normalized spacial score (nSPS) is 8.67. The fraction of sp³-hybridized carbons (Fsp3) is 0.400. The number of anilines is 1. The summed E-state index contributed by atoms with van der Waals surface area (Å²) >= 11 is 1.46. The molecule has 1 rings (SSSR count). The van der Waals surface area contributed by atoms with Crippen molar-refractivity contribution in [3.05, 3.63) is 10.6 Å². The second-order valence-electron chi connectivity index (χ2n) is 1.74. The first-order chi connectivity index (χ1) is 3.72. The molecule has 0 spiro atoms. The van der Waals surface area contributed by atoms with Crippen LogP contribution in [0.5, 0.6) is 0 Å². The fourth-order valence-electron chi connectivity index (χ4n) is 0.490. The Morgan fingerprint density at radius 1 is 1.44 bits per heavy atom. The van der Waals surface area contributed by atoms with Gasteiger partial charge in [0.05, 0.1) is 11.4 Å². The Balaban J connectivity index is 0.000000640. The van der Waals surface area contributed by atoms with Crippen molar-refractivity contribution >= 4 is 29.6 Å². The average Bonchev–Trinajstić information content (AvgIpc) is 1.98. The maximum absolute atomic E-state index is 5.55. The quantitative estimate of drug-likeness (QED) is 0.635. The van der Waals surface area contributed by atoms with Crippen LogP contribution < -0.4 is 5.73 Å². The summed E-state index contributed by atoms with van der Waals surface area (Å²) in [5.41, 5.74) is 7.34. The summed E-state index contributed by atoms with van der Waals surface area (Å²) in [6.07, 6.45) is 0. The van der Waals surface area contributed by atoms with Crippen LogP contribution in [0.3, 0.4) is 0 Å². The summed E-state index contributed by atoms with van der Waals surface area (Å²) in [4.78, 5) is 1.11. The molecule has 0 radical (unpaired) electrons. The molecule has 0 unspecified atom stereocenters. The van der Waals surface area contributed by atoms with E-state index in [9.17, 15) is 0 Å². The molecule has 1 aromatic heterocycles. The van der Waals surface area contributed by atoms with Gasteiger partial charge in [0.1, 0.15) is 0 Å². The third-order valence-electron chi connectivity index (χ3n) is 1.09. The van der Waals surface area contributed by atoms with E-state index in [1.807, 2.05) is 13.8 Å². The number of hydrogen-bond donors (Lipinski definition) is 1. The minimum Gasteiger partial charge on any atom is -0.396 e. The standard InChI is InChI=1S/C5H8N2S.ClH/c1-3-5(6)4(2)8-7-3;/h6H2,1-2H3;1H. The molecule has 4 heteroatoms. The highest BCUT2D eigenvalue weighted by atomic mass is 35.5. The van der Waals surface area contributed by atoms with E-state index in [1.165, 1.54) is 11.5 Å². The van der Waals surface area contributed by atoms with E-state index in [0.717, 1.165) is 16.3 Å². The Kier molecular flexibility index (Phi) is 2.94. The van der Waals surface area contributed by atoms with E-state index in [2.05, 4.69) is 4.37 Å². The average molecular weight is 165 g/mol. The lowest BCUT2D eigenvalue weighted by Crippen LogP contribution is -1.85. The summed E-state index contributed by atoms with van der Waals surface area (Å²) in [5, 5.41) is 0. The van der Waals surface area contributed by atoms with Gasteiger partial charge in [0.2, 0.25) is 0 Å². The van der Waals surface area contributed by atoms with Crippen LogP contribution in [0.4, 0.5) is 5.69 Å². The van der Waals surface area contributed by atoms with Crippen LogP contribution in [-0.2, 0) is 0 Å². The molecule has 2 nitrogen and oxygen atoms in total. The van der Waals surface area contributed by atoms with E-state index < -0.39 is 0 Å². The monoisotopic (exact) mass is 164 g/mol. The summed E-state index contributed by atoms with van der Waals surface area (Å²) in [5.74, 6) is 0. The molecule has 0 aliphatic rings. The lowest BCUT2D eigenvalue weighted by molar-refractivity contribution is 1.34. The first-order valence-electron chi connectivity index (χ1n) is 2.40. The molecule has 0 bridgehead atoms. The molecule has 0 aliphatic heterocycles. The molecule has 0 atom stereocenters. The molecular weight excluding hydrogens is 156 g/mol. The SMILES string of the molecule is Cc1nsc(C)c1N.Cl. The highest BCUT2D eigenvalue weighted by Crippen LogP contribution is 2.17. The lowest BCUT2D eigenvalue weighted by atomic mass is 10.3. The zero-order valence-electron chi connectivity index (χ0n) is 5.34. The molecule has 0 aromatic carbocycles. The highest BCUT2D eigenvalue weighted by molar-refractivity contribution is 7.06. The predicted octanol–water partition coefficient (Wildman–Crippen LogP) is 1.76. The van der Waals surface area contributed by atoms with Crippen LogP contribution in [-0.4, -0.2) is 4.37 Å². The van der Waals surface area contributed by atoms with Crippen molar-refractivity contribution in [2.75, 3.05) is 5.73 Å². The Bertz CT molecular complexity index is 177. The predicted molar refractivity (Wildman–Crippen MR) is 43.2 cm³/mol. The second kappa shape index (κ2) is 3.03. The van der Waals surface area contributed by atoms with Crippen LogP contribution in [0.25, 0.3) is 0 Å². The third kappa shape index (κ3) is 1.56. The summed E-state index contributed by atoms with van der Waals surface area (Å²) in [7, 11) is 0. The van der Waals surface area contributed by atoms with Crippen LogP contribution >= 0.6 is 23.9 Å². The third-order valence-corrected chi connectivity index (χ3v) is 1.95. The van der Waals surface area contributed by atoms with E-state index in [1.54, 1.807) is 0 Å². The number of hydrogen-bond acceptors (Lipinski definition) is 3. The second-order valence-corrected chi connectivity index (χ2v) is 2.72. The van der Waals surface area contributed by atoms with Gasteiger partial charge in [-0.2, -0.15) is 4.37 Å². The number of nitrogen functional groups attached to an aromatic ring is 1. The number of aromatic nitrogens is 1. The van der Waals surface area contributed by atoms with Crippen molar-refractivity contribution in [2.24, 2.45) is 0 Å². The van der Waals surface area contributed by atoms with Gasteiger partial charge >= 0.3 is 0 Å². The molecule has 0 saturated carbocycles. The molecule has 0 amide bonds. The van der Waals surface area contributed by atoms with Crippen molar-refractivity contribution in [1.82, 2.24) is 4.37 Å². The number of aryl methyl sites for hydroxylation is 2. The molecular formula is C5H9ClN2S. The number of rotatable bonds is 0. The molecule has 1 heterocycles. The van der Waals surface area contributed by atoms with Gasteiger partial charge in [-0.3, -0.25) is 0 Å². The minimum atomic E-state index is 0. The lowest BCUT2D eigenvalue weighted by Gasteiger charge is -1.84. The van der Waals surface area contributed by atoms with Gasteiger partial charge in [-0.25, -0.2) is 0 Å². The van der Waals surface area contributed by atoms with Crippen LogP contribution in [0.2, 0.25) is 0 Å². The van der Waals surface area contributed by atoms with Crippen LogP contribution in [0, 0.1) is 13.8 Å². The highest BCUT2D eigenvalue weighted by Gasteiger charge is 1.98. The van der Waals surface area contributed by atoms with Gasteiger partial charge in [0.15, 0.2) is 0 Å². The van der Waals surface area contributed by atoms with Crippen molar-refractivity contribution in [3.8, 4) is 0 Å². The maximum Gasteiger partial charge on any atom is 0.0743 e. The zero-order valence-corrected chi connectivity index (χ0v) is 6.97. The minimum absolute atomic E-state index is 0. The first-order valence-corrected chi connectivity index (χ1v) is 3.17. The Hall–Kier alpha value is -0.280. The Labute approximate surface area is 64.7 Å². The van der Waals surface area contributed by atoms with Gasteiger partial charge in [-0.1, -0.05) is 0 Å². The number of nitrogens with zero attached hydrogens (tertiary/aromatic N) is 1. The van der Waals surface area contributed by atoms with Crippen molar-refractivity contribution in [1.29, 1.82) is 0 Å². The maximum atomic E-state index is 5.55. The molecule has 0 aliphatic carbocycles. The van der Waals surface area contributed by atoms with E-state index in [4.69, 9.17) is 5.73 Å². The Morgan fingerprint density at radius 2 is 2.00 bits per heavy atom. The van der Waals surface area contributed by atoms with Gasteiger partial charge < -0.3 is 5.73 Å². The summed E-state index contributed by atoms with van der Waals surface area (Å²) in [6.45, 7) is 3.89.